The maximum Gasteiger partial charge on any atom is 0.268 e. The van der Waals surface area contributed by atoms with Gasteiger partial charge in [0.15, 0.2) is 0 Å². The monoisotopic (exact) mass is 435 g/mol. The SMILES string of the molecule is CNCc1ccc(-c2nnc(-c3nc(C4CC4C(O)N4CC[C@@H](N)C4)cnc3C)o2)cc1. The summed E-state index contributed by atoms with van der Waals surface area (Å²) < 4.78 is 5.95. The molecule has 4 atom stereocenters. The van der Waals surface area contributed by atoms with Crippen molar-refractivity contribution in [2.75, 3.05) is 20.1 Å². The molecule has 2 fully saturated rings. The second-order valence-electron chi connectivity index (χ2n) is 8.83. The van der Waals surface area contributed by atoms with Gasteiger partial charge >= 0.3 is 0 Å². The quantitative estimate of drug-likeness (QED) is 0.508. The molecule has 5 rings (SSSR count). The van der Waals surface area contributed by atoms with E-state index in [9.17, 15) is 5.11 Å². The van der Waals surface area contributed by atoms with Crippen molar-refractivity contribution in [3.05, 3.63) is 47.4 Å². The molecule has 0 spiro atoms. The Bertz CT molecular complexity index is 1080. The lowest BCUT2D eigenvalue weighted by atomic mass is 10.1. The van der Waals surface area contributed by atoms with Crippen molar-refractivity contribution in [2.24, 2.45) is 11.7 Å². The van der Waals surface area contributed by atoms with E-state index in [2.05, 4.69) is 25.4 Å². The van der Waals surface area contributed by atoms with Gasteiger partial charge < -0.3 is 20.6 Å². The summed E-state index contributed by atoms with van der Waals surface area (Å²) in [4.78, 5) is 11.4. The molecule has 0 radical (unpaired) electrons. The first-order valence-corrected chi connectivity index (χ1v) is 11.1. The summed E-state index contributed by atoms with van der Waals surface area (Å²) in [6.45, 7) is 4.28. The molecule has 4 N–H and O–H groups in total. The van der Waals surface area contributed by atoms with Crippen molar-refractivity contribution in [3.8, 4) is 23.0 Å². The van der Waals surface area contributed by atoms with Crippen molar-refractivity contribution in [3.63, 3.8) is 0 Å². The third-order valence-electron chi connectivity index (χ3n) is 6.42. The lowest BCUT2D eigenvalue weighted by Crippen LogP contribution is -2.37. The maximum atomic E-state index is 10.7. The molecule has 0 amide bonds. The van der Waals surface area contributed by atoms with Crippen LogP contribution in [0.1, 0.15) is 35.7 Å². The van der Waals surface area contributed by atoms with Gasteiger partial charge in [-0.3, -0.25) is 9.88 Å². The van der Waals surface area contributed by atoms with Crippen LogP contribution >= 0.6 is 0 Å². The first kappa shape index (κ1) is 21.1. The van der Waals surface area contributed by atoms with Crippen molar-refractivity contribution in [2.45, 2.75) is 44.5 Å². The number of aliphatic hydroxyl groups excluding tert-OH is 1. The standard InChI is InChI=1S/C23H29N7O2/c1-13-20(22-29-28-21(32-22)15-5-3-14(4-6-15)10-25-2)27-19(11-26-13)17-9-18(17)23(31)30-8-7-16(24)12-30/h3-6,11,16-18,23,25,31H,7-10,12,24H2,1-2H3/t16-,17?,18?,23?/m1/s1. The third-order valence-corrected chi connectivity index (χ3v) is 6.42. The van der Waals surface area contributed by atoms with Gasteiger partial charge in [-0.2, -0.15) is 0 Å². The van der Waals surface area contributed by atoms with Gasteiger partial charge in [0.2, 0.25) is 5.89 Å². The van der Waals surface area contributed by atoms with Crippen LogP contribution in [0, 0.1) is 12.8 Å². The van der Waals surface area contributed by atoms with Crippen LogP contribution in [0.5, 0.6) is 0 Å². The highest BCUT2D eigenvalue weighted by Crippen LogP contribution is 2.50. The number of hydrogen-bond donors (Lipinski definition) is 3. The van der Waals surface area contributed by atoms with E-state index >= 15 is 0 Å². The number of nitrogens with one attached hydrogen (secondary N) is 1. The fourth-order valence-electron chi connectivity index (χ4n) is 4.46. The van der Waals surface area contributed by atoms with E-state index in [1.54, 1.807) is 6.20 Å². The van der Waals surface area contributed by atoms with Gasteiger partial charge in [0.25, 0.3) is 5.89 Å². The minimum Gasteiger partial charge on any atom is -0.415 e. The van der Waals surface area contributed by atoms with E-state index in [0.29, 0.717) is 17.5 Å². The Labute approximate surface area is 187 Å². The van der Waals surface area contributed by atoms with E-state index < -0.39 is 6.23 Å². The Morgan fingerprint density at radius 1 is 1.25 bits per heavy atom. The summed E-state index contributed by atoms with van der Waals surface area (Å²) in [6.07, 6.45) is 3.13. The van der Waals surface area contributed by atoms with E-state index in [1.807, 2.05) is 38.2 Å². The number of benzene rings is 1. The fourth-order valence-corrected chi connectivity index (χ4v) is 4.46. The average Bonchev–Trinajstić information content (AvgIpc) is 3.22. The number of aryl methyl sites for hydroxylation is 1. The minimum absolute atomic E-state index is 0.152. The molecule has 1 aliphatic heterocycles. The summed E-state index contributed by atoms with van der Waals surface area (Å²) in [5.41, 5.74) is 10.2. The van der Waals surface area contributed by atoms with Crippen LogP contribution in [0.25, 0.3) is 23.0 Å². The van der Waals surface area contributed by atoms with Crippen molar-refractivity contribution in [1.29, 1.82) is 0 Å². The predicted octanol–water partition coefficient (Wildman–Crippen LogP) is 1.68. The number of hydrogen-bond acceptors (Lipinski definition) is 9. The van der Waals surface area contributed by atoms with E-state index in [0.717, 1.165) is 49.4 Å². The number of aliphatic hydroxyl groups is 1. The fraction of sp³-hybridized carbons (Fsp3) is 0.478. The van der Waals surface area contributed by atoms with Gasteiger partial charge in [-0.15, -0.1) is 10.2 Å². The number of likely N-dealkylation sites (tertiary alicyclic amines) is 1. The molecular formula is C23H29N7O2. The Kier molecular flexibility index (Phi) is 5.73. The zero-order valence-electron chi connectivity index (χ0n) is 18.4. The molecule has 168 valence electrons. The molecule has 9 nitrogen and oxygen atoms in total. The summed E-state index contributed by atoms with van der Waals surface area (Å²) in [5.74, 6) is 1.14. The zero-order valence-corrected chi connectivity index (χ0v) is 18.4. The van der Waals surface area contributed by atoms with Crippen molar-refractivity contribution >= 4 is 0 Å². The Morgan fingerprint density at radius 3 is 2.75 bits per heavy atom. The summed E-state index contributed by atoms with van der Waals surface area (Å²) in [6, 6.07) is 8.16. The molecule has 32 heavy (non-hydrogen) atoms. The second kappa shape index (κ2) is 8.67. The molecule has 3 heterocycles. The highest BCUT2D eigenvalue weighted by molar-refractivity contribution is 5.57. The molecular weight excluding hydrogens is 406 g/mol. The van der Waals surface area contributed by atoms with E-state index in [4.69, 9.17) is 15.1 Å². The molecule has 1 saturated heterocycles. The van der Waals surface area contributed by atoms with Crippen LogP contribution in [0.15, 0.2) is 34.9 Å². The number of aromatic nitrogens is 4. The zero-order chi connectivity index (χ0) is 22.2. The largest absolute Gasteiger partial charge is 0.415 e. The van der Waals surface area contributed by atoms with Crippen LogP contribution in [0.4, 0.5) is 0 Å². The summed E-state index contributed by atoms with van der Waals surface area (Å²) in [5, 5.41) is 22.3. The van der Waals surface area contributed by atoms with Gasteiger partial charge in [0, 0.05) is 49.3 Å². The second-order valence-corrected chi connectivity index (χ2v) is 8.83. The lowest BCUT2D eigenvalue weighted by molar-refractivity contribution is 0.000398. The highest BCUT2D eigenvalue weighted by atomic mass is 16.4. The van der Waals surface area contributed by atoms with E-state index in [1.165, 1.54) is 5.56 Å². The smallest absolute Gasteiger partial charge is 0.268 e. The van der Waals surface area contributed by atoms with Crippen LogP contribution in [-0.4, -0.2) is 62.6 Å². The number of nitrogens with two attached hydrogens (primary N) is 1. The molecule has 1 aliphatic carbocycles. The van der Waals surface area contributed by atoms with Crippen molar-refractivity contribution in [1.82, 2.24) is 30.4 Å². The van der Waals surface area contributed by atoms with Gasteiger partial charge in [0.1, 0.15) is 11.9 Å². The molecule has 0 bridgehead atoms. The van der Waals surface area contributed by atoms with Crippen LogP contribution in [0.3, 0.4) is 0 Å². The molecule has 1 saturated carbocycles. The lowest BCUT2D eigenvalue weighted by Gasteiger charge is -2.22. The molecule has 3 unspecified atom stereocenters. The summed E-state index contributed by atoms with van der Waals surface area (Å²) in [7, 11) is 1.92. The van der Waals surface area contributed by atoms with Crippen molar-refractivity contribution < 1.29 is 9.52 Å². The summed E-state index contributed by atoms with van der Waals surface area (Å²) >= 11 is 0. The first-order valence-electron chi connectivity index (χ1n) is 11.1. The molecule has 3 aromatic rings. The van der Waals surface area contributed by atoms with Gasteiger partial charge in [-0.25, -0.2) is 4.98 Å². The topological polar surface area (TPSA) is 126 Å². The van der Waals surface area contributed by atoms with E-state index in [-0.39, 0.29) is 17.9 Å². The maximum absolute atomic E-state index is 10.7. The Hall–Kier alpha value is -2.72. The molecule has 1 aromatic carbocycles. The predicted molar refractivity (Wildman–Crippen MR) is 119 cm³/mol. The molecule has 9 heteroatoms. The average molecular weight is 436 g/mol. The number of nitrogens with zero attached hydrogens (tertiary/aromatic N) is 5. The third kappa shape index (κ3) is 4.16. The van der Waals surface area contributed by atoms with Gasteiger partial charge in [0.05, 0.1) is 11.4 Å². The molecule has 2 aliphatic rings. The van der Waals surface area contributed by atoms with Gasteiger partial charge in [-0.1, -0.05) is 12.1 Å². The first-order chi connectivity index (χ1) is 15.5. The normalized spacial score (nSPS) is 24.1. The molecule has 2 aromatic heterocycles. The Balaban J connectivity index is 1.33. The number of rotatable bonds is 7. The highest BCUT2D eigenvalue weighted by Gasteiger charge is 2.47. The van der Waals surface area contributed by atoms with Crippen LogP contribution in [-0.2, 0) is 6.54 Å². The minimum atomic E-state index is -0.485. The Morgan fingerprint density at radius 2 is 2.03 bits per heavy atom. The van der Waals surface area contributed by atoms with Crippen LogP contribution in [0.2, 0.25) is 0 Å². The van der Waals surface area contributed by atoms with Gasteiger partial charge in [-0.05, 0) is 44.5 Å². The van der Waals surface area contributed by atoms with Crippen LogP contribution < -0.4 is 11.1 Å².